The van der Waals surface area contributed by atoms with Crippen molar-refractivity contribution in [2.45, 2.75) is 38.2 Å². The lowest BCUT2D eigenvalue weighted by Gasteiger charge is -2.24. The highest BCUT2D eigenvalue weighted by Gasteiger charge is 2.16. The Hall–Kier alpha value is -1.97. The van der Waals surface area contributed by atoms with Gasteiger partial charge in [-0.15, -0.1) is 0 Å². The Kier molecular flexibility index (Phi) is 5.04. The van der Waals surface area contributed by atoms with Gasteiger partial charge in [0.05, 0.1) is 13.2 Å². The molecule has 0 amide bonds. The molecule has 1 aliphatic carbocycles. The first-order chi connectivity index (χ1) is 9.69. The van der Waals surface area contributed by atoms with Gasteiger partial charge in [-0.3, -0.25) is 0 Å². The van der Waals surface area contributed by atoms with Crippen LogP contribution in [0.5, 0.6) is 11.5 Å². The zero-order chi connectivity index (χ0) is 14.4. The van der Waals surface area contributed by atoms with Crippen LogP contribution in [-0.4, -0.2) is 24.3 Å². The predicted molar refractivity (Wildman–Crippen MR) is 77.2 cm³/mol. The van der Waals surface area contributed by atoms with Crippen LogP contribution in [0.4, 0.5) is 0 Å². The van der Waals surface area contributed by atoms with E-state index in [9.17, 15) is 4.79 Å². The lowest BCUT2D eigenvalue weighted by molar-refractivity contribution is -0.131. The predicted octanol–water partition coefficient (Wildman–Crippen LogP) is 3.50. The SMILES string of the molecule is COc1ccc(C=CC(=O)O)c(OC2CCCCC2)c1. The first-order valence-electron chi connectivity index (χ1n) is 6.95. The van der Waals surface area contributed by atoms with E-state index in [1.54, 1.807) is 19.3 Å². The molecule has 1 saturated carbocycles. The Morgan fingerprint density at radius 2 is 2.05 bits per heavy atom. The Bertz CT molecular complexity index is 487. The van der Waals surface area contributed by atoms with Crippen LogP contribution in [0.15, 0.2) is 24.3 Å². The second-order valence-corrected chi connectivity index (χ2v) is 4.95. The van der Waals surface area contributed by atoms with Gasteiger partial charge in [-0.1, -0.05) is 6.42 Å². The monoisotopic (exact) mass is 276 g/mol. The number of rotatable bonds is 5. The summed E-state index contributed by atoms with van der Waals surface area (Å²) < 4.78 is 11.2. The minimum absolute atomic E-state index is 0.216. The molecule has 0 aromatic heterocycles. The zero-order valence-corrected chi connectivity index (χ0v) is 11.7. The molecule has 0 atom stereocenters. The van der Waals surface area contributed by atoms with Gasteiger partial charge in [0.25, 0.3) is 0 Å². The van der Waals surface area contributed by atoms with Gasteiger partial charge in [0.1, 0.15) is 11.5 Å². The molecule has 4 heteroatoms. The van der Waals surface area contributed by atoms with E-state index in [4.69, 9.17) is 14.6 Å². The first-order valence-corrected chi connectivity index (χ1v) is 6.95. The van der Waals surface area contributed by atoms with E-state index in [1.165, 1.54) is 19.3 Å². The molecule has 108 valence electrons. The first kappa shape index (κ1) is 14.4. The fourth-order valence-corrected chi connectivity index (χ4v) is 2.41. The van der Waals surface area contributed by atoms with Crippen molar-refractivity contribution in [3.63, 3.8) is 0 Å². The van der Waals surface area contributed by atoms with Gasteiger partial charge in [0.2, 0.25) is 0 Å². The van der Waals surface area contributed by atoms with Crippen LogP contribution in [-0.2, 0) is 4.79 Å². The van der Waals surface area contributed by atoms with Crippen molar-refractivity contribution in [3.05, 3.63) is 29.8 Å². The Morgan fingerprint density at radius 3 is 2.70 bits per heavy atom. The Labute approximate surface area is 119 Å². The summed E-state index contributed by atoms with van der Waals surface area (Å²) in [5.41, 5.74) is 0.763. The highest BCUT2D eigenvalue weighted by atomic mass is 16.5. The van der Waals surface area contributed by atoms with Crippen LogP contribution in [0.3, 0.4) is 0 Å². The van der Waals surface area contributed by atoms with E-state index in [2.05, 4.69) is 0 Å². The molecule has 0 radical (unpaired) electrons. The number of ether oxygens (including phenoxy) is 2. The van der Waals surface area contributed by atoms with Crippen LogP contribution >= 0.6 is 0 Å². The minimum Gasteiger partial charge on any atom is -0.497 e. The molecule has 20 heavy (non-hydrogen) atoms. The van der Waals surface area contributed by atoms with Gasteiger partial charge in [-0.05, 0) is 43.9 Å². The highest BCUT2D eigenvalue weighted by Crippen LogP contribution is 2.30. The molecule has 0 heterocycles. The van der Waals surface area contributed by atoms with Crippen molar-refractivity contribution in [2.24, 2.45) is 0 Å². The number of carbonyl (C=O) groups is 1. The largest absolute Gasteiger partial charge is 0.497 e. The molecule has 0 aliphatic heterocycles. The Balaban J connectivity index is 2.19. The highest BCUT2D eigenvalue weighted by molar-refractivity contribution is 5.86. The van der Waals surface area contributed by atoms with Crippen LogP contribution in [0, 0.1) is 0 Å². The summed E-state index contributed by atoms with van der Waals surface area (Å²) >= 11 is 0. The number of carboxylic acids is 1. The van der Waals surface area contributed by atoms with E-state index >= 15 is 0 Å². The maximum Gasteiger partial charge on any atom is 0.328 e. The van der Waals surface area contributed by atoms with Crippen molar-refractivity contribution >= 4 is 12.0 Å². The van der Waals surface area contributed by atoms with Gasteiger partial charge in [-0.25, -0.2) is 4.79 Å². The van der Waals surface area contributed by atoms with E-state index in [-0.39, 0.29) is 6.10 Å². The van der Waals surface area contributed by atoms with Gasteiger partial charge in [0.15, 0.2) is 0 Å². The quantitative estimate of drug-likeness (QED) is 0.836. The normalized spacial score (nSPS) is 16.2. The van der Waals surface area contributed by atoms with E-state index < -0.39 is 5.97 Å². The average molecular weight is 276 g/mol. The van der Waals surface area contributed by atoms with Crippen molar-refractivity contribution in [2.75, 3.05) is 7.11 Å². The fourth-order valence-electron chi connectivity index (χ4n) is 2.41. The summed E-state index contributed by atoms with van der Waals surface area (Å²) in [4.78, 5) is 10.6. The molecular weight excluding hydrogens is 256 g/mol. The number of aliphatic carboxylic acids is 1. The summed E-state index contributed by atoms with van der Waals surface area (Å²) in [6, 6.07) is 5.43. The van der Waals surface area contributed by atoms with Crippen molar-refractivity contribution in [1.29, 1.82) is 0 Å². The van der Waals surface area contributed by atoms with Gasteiger partial charge in [-0.2, -0.15) is 0 Å². The molecule has 1 aliphatic rings. The van der Waals surface area contributed by atoms with Crippen LogP contribution in [0.2, 0.25) is 0 Å². The average Bonchev–Trinajstić information content (AvgIpc) is 2.46. The molecule has 1 N–H and O–H groups in total. The zero-order valence-electron chi connectivity index (χ0n) is 11.7. The maximum atomic E-state index is 10.6. The molecule has 0 saturated heterocycles. The second-order valence-electron chi connectivity index (χ2n) is 4.95. The molecule has 4 nitrogen and oxygen atoms in total. The molecule has 1 fully saturated rings. The number of benzene rings is 1. The van der Waals surface area contributed by atoms with Gasteiger partial charge >= 0.3 is 5.97 Å². The standard InChI is InChI=1S/C16H20O4/c1-19-14-9-7-12(8-10-16(17)18)15(11-14)20-13-5-3-2-4-6-13/h7-11,13H,2-6H2,1H3,(H,17,18). The molecule has 2 rings (SSSR count). The van der Waals surface area contributed by atoms with Crippen LogP contribution < -0.4 is 9.47 Å². The van der Waals surface area contributed by atoms with E-state index in [1.807, 2.05) is 12.1 Å². The number of hydrogen-bond acceptors (Lipinski definition) is 3. The third kappa shape index (κ3) is 4.02. The lowest BCUT2D eigenvalue weighted by atomic mass is 9.97. The topological polar surface area (TPSA) is 55.8 Å². The molecule has 1 aromatic rings. The number of hydrogen-bond donors (Lipinski definition) is 1. The third-order valence-corrected chi connectivity index (χ3v) is 3.47. The smallest absolute Gasteiger partial charge is 0.328 e. The number of carboxylic acid groups (broad SMARTS) is 1. The Morgan fingerprint density at radius 1 is 1.30 bits per heavy atom. The molecule has 0 bridgehead atoms. The van der Waals surface area contributed by atoms with Gasteiger partial charge in [0, 0.05) is 17.7 Å². The number of methoxy groups -OCH3 is 1. The maximum absolute atomic E-state index is 10.6. The summed E-state index contributed by atoms with van der Waals surface area (Å²) in [5, 5.41) is 8.74. The van der Waals surface area contributed by atoms with E-state index in [0.29, 0.717) is 11.5 Å². The fraction of sp³-hybridized carbons (Fsp3) is 0.438. The molecule has 1 aromatic carbocycles. The van der Waals surface area contributed by atoms with Gasteiger partial charge < -0.3 is 14.6 Å². The summed E-state index contributed by atoms with van der Waals surface area (Å²) in [7, 11) is 1.60. The van der Waals surface area contributed by atoms with Crippen LogP contribution in [0.25, 0.3) is 6.08 Å². The van der Waals surface area contributed by atoms with Crippen molar-refractivity contribution < 1.29 is 19.4 Å². The summed E-state index contributed by atoms with van der Waals surface area (Å²) in [5.74, 6) is 0.432. The second kappa shape index (κ2) is 6.98. The minimum atomic E-state index is -0.968. The van der Waals surface area contributed by atoms with Crippen molar-refractivity contribution in [1.82, 2.24) is 0 Å². The molecular formula is C16H20O4. The summed E-state index contributed by atoms with van der Waals surface area (Å²) in [6.45, 7) is 0. The third-order valence-electron chi connectivity index (χ3n) is 3.47. The van der Waals surface area contributed by atoms with Crippen LogP contribution in [0.1, 0.15) is 37.7 Å². The van der Waals surface area contributed by atoms with E-state index in [0.717, 1.165) is 24.5 Å². The lowest BCUT2D eigenvalue weighted by Crippen LogP contribution is -2.20. The summed E-state index contributed by atoms with van der Waals surface area (Å²) in [6.07, 6.45) is 8.65. The molecule has 0 spiro atoms. The van der Waals surface area contributed by atoms with Crippen molar-refractivity contribution in [3.8, 4) is 11.5 Å². The molecule has 0 unspecified atom stereocenters.